The lowest BCUT2D eigenvalue weighted by Gasteiger charge is -2.20. The number of rotatable bonds is 6. The number of para-hydroxylation sites is 1. The summed E-state index contributed by atoms with van der Waals surface area (Å²) in [4.78, 5) is 15.8. The van der Waals surface area contributed by atoms with Crippen LogP contribution in [0.5, 0.6) is 5.75 Å². The zero-order valence-electron chi connectivity index (χ0n) is 15.6. The summed E-state index contributed by atoms with van der Waals surface area (Å²) in [5.41, 5.74) is 3.27. The summed E-state index contributed by atoms with van der Waals surface area (Å²) in [6.45, 7) is 1.26. The number of benzene rings is 2. The van der Waals surface area contributed by atoms with Gasteiger partial charge in [0.2, 0.25) is 5.76 Å². The fourth-order valence-electron chi connectivity index (χ4n) is 3.40. The van der Waals surface area contributed by atoms with E-state index in [9.17, 15) is 4.79 Å². The minimum Gasteiger partial charge on any atom is -0.497 e. The molecule has 0 radical (unpaired) electrons. The maximum atomic E-state index is 12.5. The smallest absolute Gasteiger partial charge is 0.289 e. The molecule has 3 aromatic rings. The Kier molecular flexibility index (Phi) is 5.19. The maximum Gasteiger partial charge on any atom is 0.289 e. The van der Waals surface area contributed by atoms with Gasteiger partial charge in [0.25, 0.3) is 5.91 Å². The van der Waals surface area contributed by atoms with E-state index < -0.39 is 0 Å². The lowest BCUT2D eigenvalue weighted by molar-refractivity contribution is -0.122. The number of fused-ring (bicyclic) bond motifs is 1. The Balaban J connectivity index is 1.63. The van der Waals surface area contributed by atoms with Gasteiger partial charge in [-0.05, 0) is 29.3 Å². The number of amides is 1. The maximum absolute atomic E-state index is 12.5. The second kappa shape index (κ2) is 8.08. The number of H-pyrrole nitrogens is 1. The molecule has 2 aromatic carbocycles. The van der Waals surface area contributed by atoms with Crippen LogP contribution in [0.15, 0.2) is 66.7 Å². The molecule has 0 unspecified atom stereocenters. The predicted octanol–water partition coefficient (Wildman–Crippen LogP) is 3.31. The van der Waals surface area contributed by atoms with Crippen LogP contribution in [-0.4, -0.2) is 37.8 Å². The molecule has 0 aliphatic carbocycles. The van der Waals surface area contributed by atoms with E-state index in [1.165, 1.54) is 6.26 Å². The highest BCUT2D eigenvalue weighted by atomic mass is 16.6. The Morgan fingerprint density at radius 1 is 1.18 bits per heavy atom. The average Bonchev–Trinajstić information content (AvgIpc) is 3.19. The van der Waals surface area contributed by atoms with Gasteiger partial charge in [0.15, 0.2) is 0 Å². The monoisotopic (exact) mass is 378 g/mol. The molecule has 1 aliphatic heterocycles. The molecule has 0 saturated carbocycles. The van der Waals surface area contributed by atoms with Crippen molar-refractivity contribution >= 4 is 16.8 Å². The van der Waals surface area contributed by atoms with E-state index >= 15 is 0 Å². The lowest BCUT2D eigenvalue weighted by atomic mass is 9.90. The third-order valence-corrected chi connectivity index (χ3v) is 4.85. The number of methoxy groups -OCH3 is 1. The molecule has 6 nitrogen and oxygen atoms in total. The van der Waals surface area contributed by atoms with Crippen molar-refractivity contribution < 1.29 is 19.0 Å². The van der Waals surface area contributed by atoms with Crippen molar-refractivity contribution in [3.63, 3.8) is 0 Å². The van der Waals surface area contributed by atoms with Crippen molar-refractivity contribution in [2.45, 2.75) is 5.92 Å². The highest BCUT2D eigenvalue weighted by Gasteiger charge is 2.21. The summed E-state index contributed by atoms with van der Waals surface area (Å²) in [6.07, 6.45) is 3.37. The molecule has 4 rings (SSSR count). The van der Waals surface area contributed by atoms with E-state index in [1.807, 2.05) is 48.7 Å². The number of aromatic nitrogens is 1. The van der Waals surface area contributed by atoms with Gasteiger partial charge in [0, 0.05) is 29.6 Å². The lowest BCUT2D eigenvalue weighted by Crippen LogP contribution is -2.32. The first kappa shape index (κ1) is 18.0. The summed E-state index contributed by atoms with van der Waals surface area (Å²) in [5, 5.41) is 4.11. The summed E-state index contributed by atoms with van der Waals surface area (Å²) >= 11 is 0. The first-order valence-corrected chi connectivity index (χ1v) is 9.19. The molecule has 6 heteroatoms. The van der Waals surface area contributed by atoms with Crippen LogP contribution >= 0.6 is 0 Å². The molecule has 0 bridgehead atoms. The Hall–Kier alpha value is -3.41. The topological polar surface area (TPSA) is 72.6 Å². The van der Waals surface area contributed by atoms with Crippen LogP contribution in [0, 0.1) is 0 Å². The van der Waals surface area contributed by atoms with E-state index in [4.69, 9.17) is 14.2 Å². The van der Waals surface area contributed by atoms with E-state index in [1.54, 1.807) is 7.11 Å². The number of aromatic amines is 1. The Labute approximate surface area is 163 Å². The van der Waals surface area contributed by atoms with Crippen LogP contribution in [0.25, 0.3) is 10.9 Å². The molecule has 1 amide bonds. The third kappa shape index (κ3) is 3.67. The predicted molar refractivity (Wildman–Crippen MR) is 106 cm³/mol. The van der Waals surface area contributed by atoms with Gasteiger partial charge >= 0.3 is 0 Å². The first-order valence-electron chi connectivity index (χ1n) is 9.19. The number of carbonyl (C=O) groups excluding carboxylic acids is 1. The molecule has 144 valence electrons. The highest BCUT2D eigenvalue weighted by Crippen LogP contribution is 2.31. The molecule has 1 atom stereocenters. The van der Waals surface area contributed by atoms with Gasteiger partial charge in [-0.3, -0.25) is 4.79 Å². The standard InChI is InChI=1S/C22H22N2O4/c1-26-16-8-6-15(7-9-16)18(12-24-22(25)21-14-27-10-11-28-21)19-13-23-20-5-3-2-4-17(19)20/h2-9,13-14,18,23H,10-12H2,1H3,(H,24,25)/t18-/m0/s1. The van der Waals surface area contributed by atoms with Gasteiger partial charge in [-0.2, -0.15) is 0 Å². The molecule has 1 aromatic heterocycles. The zero-order valence-corrected chi connectivity index (χ0v) is 15.6. The first-order chi connectivity index (χ1) is 13.8. The Bertz CT molecular complexity index is 991. The third-order valence-electron chi connectivity index (χ3n) is 4.85. The van der Waals surface area contributed by atoms with Crippen LogP contribution in [0.3, 0.4) is 0 Å². The highest BCUT2D eigenvalue weighted by molar-refractivity contribution is 5.91. The van der Waals surface area contributed by atoms with Gasteiger partial charge < -0.3 is 24.5 Å². The molecule has 0 fully saturated rings. The molecule has 28 heavy (non-hydrogen) atoms. The van der Waals surface area contributed by atoms with Crippen molar-refractivity contribution in [2.24, 2.45) is 0 Å². The average molecular weight is 378 g/mol. The molecular formula is C22H22N2O4. The minimum atomic E-state index is -0.280. The Morgan fingerprint density at radius 3 is 2.75 bits per heavy atom. The quantitative estimate of drug-likeness (QED) is 0.690. The summed E-state index contributed by atoms with van der Waals surface area (Å²) in [5.74, 6) is 0.691. The van der Waals surface area contributed by atoms with Crippen molar-refractivity contribution in [3.8, 4) is 5.75 Å². The van der Waals surface area contributed by atoms with Crippen molar-refractivity contribution in [3.05, 3.63) is 77.9 Å². The van der Waals surface area contributed by atoms with E-state index in [2.05, 4.69) is 16.4 Å². The SMILES string of the molecule is COc1ccc([C@H](CNC(=O)C2=COCCO2)c2c[nH]c3ccccc23)cc1. The number of ether oxygens (including phenoxy) is 3. The number of hydrogen-bond acceptors (Lipinski definition) is 4. The van der Waals surface area contributed by atoms with Crippen LogP contribution in [-0.2, 0) is 14.3 Å². The molecule has 2 heterocycles. The van der Waals surface area contributed by atoms with E-state index in [0.717, 1.165) is 27.8 Å². The van der Waals surface area contributed by atoms with Gasteiger partial charge in [0.05, 0.1) is 7.11 Å². The fourth-order valence-corrected chi connectivity index (χ4v) is 3.40. The van der Waals surface area contributed by atoms with Crippen molar-refractivity contribution in [1.29, 1.82) is 0 Å². The second-order valence-corrected chi connectivity index (χ2v) is 6.53. The number of carbonyl (C=O) groups is 1. The molecule has 2 N–H and O–H groups in total. The minimum absolute atomic E-state index is 0.0314. The van der Waals surface area contributed by atoms with Crippen LogP contribution in [0.1, 0.15) is 17.0 Å². The second-order valence-electron chi connectivity index (χ2n) is 6.53. The normalized spacial score (nSPS) is 14.5. The summed E-state index contributed by atoms with van der Waals surface area (Å²) in [7, 11) is 1.65. The Morgan fingerprint density at radius 2 is 2.00 bits per heavy atom. The summed E-state index contributed by atoms with van der Waals surface area (Å²) in [6, 6.07) is 16.1. The van der Waals surface area contributed by atoms with Crippen LogP contribution in [0.2, 0.25) is 0 Å². The zero-order chi connectivity index (χ0) is 19.3. The van der Waals surface area contributed by atoms with Gasteiger partial charge in [-0.25, -0.2) is 0 Å². The number of hydrogen-bond donors (Lipinski definition) is 2. The molecule has 0 saturated heterocycles. The molecular weight excluding hydrogens is 356 g/mol. The van der Waals surface area contributed by atoms with Gasteiger partial charge in [-0.1, -0.05) is 30.3 Å². The van der Waals surface area contributed by atoms with Crippen molar-refractivity contribution in [1.82, 2.24) is 10.3 Å². The van der Waals surface area contributed by atoms with Crippen LogP contribution < -0.4 is 10.1 Å². The van der Waals surface area contributed by atoms with Gasteiger partial charge in [0.1, 0.15) is 25.2 Å². The van der Waals surface area contributed by atoms with Gasteiger partial charge in [-0.15, -0.1) is 0 Å². The molecule has 1 aliphatic rings. The van der Waals surface area contributed by atoms with Crippen LogP contribution in [0.4, 0.5) is 0 Å². The van der Waals surface area contributed by atoms with E-state index in [-0.39, 0.29) is 17.6 Å². The fraction of sp³-hybridized carbons (Fsp3) is 0.227. The largest absolute Gasteiger partial charge is 0.497 e. The number of nitrogens with one attached hydrogen (secondary N) is 2. The van der Waals surface area contributed by atoms with E-state index in [0.29, 0.717) is 19.8 Å². The summed E-state index contributed by atoms with van der Waals surface area (Å²) < 4.78 is 15.8. The van der Waals surface area contributed by atoms with Crippen molar-refractivity contribution in [2.75, 3.05) is 26.9 Å². The molecule has 0 spiro atoms.